The Balaban J connectivity index is 0.000000373. The molecule has 2 aromatic heterocycles. The Hall–Kier alpha value is -2.59. The standard InChI is InChI=1S/C21H16NS.C5H8O2.Ir/c1-14-10-15(2)12-18(11-14)19-9-8-17-13-20(23-21(17)22-19)16-6-4-3-5-7-16;1-4(6)3-5(2)7;/h3-11,13H,1-2H3;3,6H,1-2H3;/q-1;;. The summed E-state index contributed by atoms with van der Waals surface area (Å²) < 4.78 is 0. The van der Waals surface area contributed by atoms with Crippen LogP contribution in [0.1, 0.15) is 25.0 Å². The van der Waals surface area contributed by atoms with E-state index in [1.54, 1.807) is 11.3 Å². The summed E-state index contributed by atoms with van der Waals surface area (Å²) in [7, 11) is 0. The first-order valence-electron chi connectivity index (χ1n) is 9.66. The van der Waals surface area contributed by atoms with Gasteiger partial charge < -0.3 is 5.11 Å². The van der Waals surface area contributed by atoms with Gasteiger partial charge in [0.25, 0.3) is 0 Å². The molecule has 1 N–H and O–H groups in total. The average Bonchev–Trinajstić information content (AvgIpc) is 3.11. The molecule has 1 radical (unpaired) electrons. The second-order valence-corrected chi connectivity index (χ2v) is 8.25. The number of hydrogen-bond donors (Lipinski definition) is 1. The van der Waals surface area contributed by atoms with Gasteiger partial charge in [0.1, 0.15) is 4.83 Å². The molecule has 0 spiro atoms. The summed E-state index contributed by atoms with van der Waals surface area (Å²) >= 11 is 1.74. The summed E-state index contributed by atoms with van der Waals surface area (Å²) in [5.74, 6) is -0.0625. The quantitative estimate of drug-likeness (QED) is 0.154. The number of aliphatic hydroxyl groups is 1. The van der Waals surface area contributed by atoms with Crippen molar-refractivity contribution in [1.82, 2.24) is 4.98 Å². The first-order chi connectivity index (χ1) is 14.3. The summed E-state index contributed by atoms with van der Waals surface area (Å²) in [6.45, 7) is 7.04. The number of nitrogens with zero attached hydrogens (tertiary/aromatic N) is 1. The van der Waals surface area contributed by atoms with E-state index in [-0.39, 0.29) is 31.6 Å². The van der Waals surface area contributed by atoms with Crippen molar-refractivity contribution < 1.29 is 30.0 Å². The minimum absolute atomic E-state index is 0. The van der Waals surface area contributed by atoms with Gasteiger partial charge in [-0.3, -0.25) is 9.78 Å². The van der Waals surface area contributed by atoms with Crippen molar-refractivity contribution in [2.45, 2.75) is 27.7 Å². The van der Waals surface area contributed by atoms with Crippen molar-refractivity contribution in [3.05, 3.63) is 89.7 Å². The molecule has 161 valence electrons. The van der Waals surface area contributed by atoms with Gasteiger partial charge in [-0.2, -0.15) is 0 Å². The number of thiophene rings is 1. The average molecular weight is 607 g/mol. The molecule has 0 saturated carbocycles. The Kier molecular flexibility index (Phi) is 8.87. The zero-order valence-electron chi connectivity index (χ0n) is 17.9. The summed E-state index contributed by atoms with van der Waals surface area (Å²) in [5, 5.41) is 9.56. The Morgan fingerprint density at radius 3 is 2.32 bits per heavy atom. The zero-order valence-corrected chi connectivity index (χ0v) is 21.1. The molecule has 0 aliphatic carbocycles. The summed E-state index contributed by atoms with van der Waals surface area (Å²) in [6, 6.07) is 24.6. The molecule has 31 heavy (non-hydrogen) atoms. The molecule has 2 aromatic carbocycles. The van der Waals surface area contributed by atoms with E-state index in [1.807, 2.05) is 6.07 Å². The van der Waals surface area contributed by atoms with Crippen molar-refractivity contribution in [2.75, 3.05) is 0 Å². The van der Waals surface area contributed by atoms with E-state index >= 15 is 0 Å². The zero-order chi connectivity index (χ0) is 21.7. The van der Waals surface area contributed by atoms with Crippen LogP contribution in [0.4, 0.5) is 0 Å². The summed E-state index contributed by atoms with van der Waals surface area (Å²) in [5.41, 5.74) is 5.70. The van der Waals surface area contributed by atoms with Crippen LogP contribution >= 0.6 is 11.3 Å². The van der Waals surface area contributed by atoms with Crippen LogP contribution in [-0.2, 0) is 24.9 Å². The predicted octanol–water partition coefficient (Wildman–Crippen LogP) is 7.08. The van der Waals surface area contributed by atoms with Gasteiger partial charge in [0.2, 0.25) is 0 Å². The predicted molar refractivity (Wildman–Crippen MR) is 126 cm³/mol. The van der Waals surface area contributed by atoms with Crippen molar-refractivity contribution in [1.29, 1.82) is 0 Å². The van der Waals surface area contributed by atoms with Gasteiger partial charge in [0.05, 0.1) is 5.76 Å². The van der Waals surface area contributed by atoms with E-state index < -0.39 is 0 Å². The maximum atomic E-state index is 10.0. The Bertz CT molecular complexity index is 1190. The molecule has 3 nitrogen and oxygen atoms in total. The molecule has 0 aliphatic rings. The minimum atomic E-state index is -0.125. The molecule has 4 aromatic rings. The first kappa shape index (κ1) is 24.7. The molecule has 0 bridgehead atoms. The fraction of sp³-hybridized carbons (Fsp3) is 0.154. The van der Waals surface area contributed by atoms with Crippen LogP contribution in [0.3, 0.4) is 0 Å². The number of carbonyl (C=O) groups excluding carboxylic acids is 1. The first-order valence-corrected chi connectivity index (χ1v) is 10.5. The molecule has 2 heterocycles. The third-order valence-corrected chi connectivity index (χ3v) is 5.37. The monoisotopic (exact) mass is 607 g/mol. The molecule has 5 heteroatoms. The second kappa shape index (κ2) is 11.1. The molecule has 0 fully saturated rings. The fourth-order valence-corrected chi connectivity index (χ4v) is 4.18. The maximum Gasteiger partial charge on any atom is 0.155 e. The number of rotatable bonds is 3. The van der Waals surface area contributed by atoms with E-state index in [2.05, 4.69) is 74.5 Å². The number of fused-ring (bicyclic) bond motifs is 1. The number of ketones is 1. The van der Waals surface area contributed by atoms with Gasteiger partial charge in [-0.15, -0.1) is 46.2 Å². The van der Waals surface area contributed by atoms with Crippen LogP contribution in [0, 0.1) is 19.9 Å². The molecule has 0 saturated heterocycles. The molecular formula is C26H24IrNO2S-. The van der Waals surface area contributed by atoms with Crippen LogP contribution < -0.4 is 0 Å². The minimum Gasteiger partial charge on any atom is -0.512 e. The molecular weight excluding hydrogens is 583 g/mol. The molecule has 0 aliphatic heterocycles. The van der Waals surface area contributed by atoms with Gasteiger partial charge >= 0.3 is 0 Å². The van der Waals surface area contributed by atoms with Crippen molar-refractivity contribution in [3.8, 4) is 21.7 Å². The summed E-state index contributed by atoms with van der Waals surface area (Å²) in [6.07, 6.45) is 1.17. The number of hydrogen-bond acceptors (Lipinski definition) is 4. The SMILES string of the molecule is CC(=O)C=C(C)O.Cc1[c-]c(-c2ccc3cc(-c4ccccc4)sc3n2)cc(C)c1.[Ir]. The normalized spacial score (nSPS) is 10.8. The maximum absolute atomic E-state index is 10.0. The van der Waals surface area contributed by atoms with Crippen LogP contribution in [-0.4, -0.2) is 15.9 Å². The van der Waals surface area contributed by atoms with Gasteiger partial charge in [0, 0.05) is 36.4 Å². The van der Waals surface area contributed by atoms with E-state index in [0.29, 0.717) is 0 Å². The molecule has 4 rings (SSSR count). The third kappa shape index (κ3) is 6.96. The number of pyridine rings is 1. The summed E-state index contributed by atoms with van der Waals surface area (Å²) in [4.78, 5) is 17.2. The van der Waals surface area contributed by atoms with Gasteiger partial charge in [0.15, 0.2) is 5.78 Å². The Labute approximate surface area is 200 Å². The largest absolute Gasteiger partial charge is 0.512 e. The van der Waals surface area contributed by atoms with E-state index in [4.69, 9.17) is 10.1 Å². The van der Waals surface area contributed by atoms with Crippen LogP contribution in [0.15, 0.2) is 72.5 Å². The molecule has 0 amide bonds. The van der Waals surface area contributed by atoms with Gasteiger partial charge in [-0.05, 0) is 31.2 Å². The van der Waals surface area contributed by atoms with E-state index in [1.165, 1.54) is 41.3 Å². The smallest absolute Gasteiger partial charge is 0.155 e. The van der Waals surface area contributed by atoms with Crippen molar-refractivity contribution >= 4 is 27.3 Å². The van der Waals surface area contributed by atoms with E-state index in [9.17, 15) is 4.79 Å². The second-order valence-electron chi connectivity index (χ2n) is 7.22. The molecule has 0 unspecified atom stereocenters. The van der Waals surface area contributed by atoms with Crippen LogP contribution in [0.5, 0.6) is 0 Å². The van der Waals surface area contributed by atoms with Crippen LogP contribution in [0.2, 0.25) is 0 Å². The Morgan fingerprint density at radius 2 is 1.74 bits per heavy atom. The fourth-order valence-electron chi connectivity index (χ4n) is 3.14. The van der Waals surface area contributed by atoms with Crippen molar-refractivity contribution in [3.63, 3.8) is 0 Å². The number of carbonyl (C=O) groups is 1. The van der Waals surface area contributed by atoms with Gasteiger partial charge in [-0.25, -0.2) is 0 Å². The van der Waals surface area contributed by atoms with E-state index in [0.717, 1.165) is 21.7 Å². The van der Waals surface area contributed by atoms with Crippen LogP contribution in [0.25, 0.3) is 31.9 Å². The topological polar surface area (TPSA) is 50.2 Å². The molecule has 0 atom stereocenters. The number of benzene rings is 2. The van der Waals surface area contributed by atoms with Gasteiger partial charge in [-0.1, -0.05) is 56.3 Å². The third-order valence-electron chi connectivity index (χ3n) is 4.28. The number of aryl methyl sites for hydroxylation is 2. The number of allylic oxidation sites excluding steroid dienone is 2. The Morgan fingerprint density at radius 1 is 1.03 bits per heavy atom. The number of aliphatic hydroxyl groups excluding tert-OH is 1. The number of aromatic nitrogens is 1. The van der Waals surface area contributed by atoms with Crippen molar-refractivity contribution in [2.24, 2.45) is 0 Å².